The first-order valence-corrected chi connectivity index (χ1v) is 10.9. The van der Waals surface area contributed by atoms with Crippen LogP contribution in [-0.4, -0.2) is 28.0 Å². The van der Waals surface area contributed by atoms with E-state index in [0.717, 1.165) is 10.4 Å². The summed E-state index contributed by atoms with van der Waals surface area (Å²) in [5.41, 5.74) is 1.65. The molecule has 0 bridgehead atoms. The van der Waals surface area contributed by atoms with Crippen molar-refractivity contribution in [1.82, 2.24) is 9.55 Å². The van der Waals surface area contributed by atoms with Crippen molar-refractivity contribution in [2.45, 2.75) is 19.9 Å². The average Bonchev–Trinajstić information content (AvgIpc) is 3.25. The van der Waals surface area contributed by atoms with E-state index in [-0.39, 0.29) is 11.5 Å². The summed E-state index contributed by atoms with van der Waals surface area (Å²) in [5.74, 6) is -0.786. The molecule has 2 heterocycles. The van der Waals surface area contributed by atoms with E-state index >= 15 is 0 Å². The maximum atomic E-state index is 13.1. The second-order valence-corrected chi connectivity index (χ2v) is 8.15. The van der Waals surface area contributed by atoms with Gasteiger partial charge in [-0.1, -0.05) is 30.3 Å². The van der Waals surface area contributed by atoms with Crippen LogP contribution in [0.5, 0.6) is 0 Å². The van der Waals surface area contributed by atoms with Gasteiger partial charge in [-0.2, -0.15) is 0 Å². The highest BCUT2D eigenvalue weighted by Gasteiger charge is 2.19. The lowest BCUT2D eigenvalue weighted by Gasteiger charge is -2.15. The van der Waals surface area contributed by atoms with Gasteiger partial charge < -0.3 is 10.1 Å². The summed E-state index contributed by atoms with van der Waals surface area (Å²) in [4.78, 5) is 43.5. The molecule has 1 amide bonds. The Hall–Kier alpha value is -3.78. The molecule has 4 rings (SSSR count). The van der Waals surface area contributed by atoms with Gasteiger partial charge in [0.25, 0.3) is 5.56 Å². The Bertz CT molecular complexity index is 1330. The number of anilines is 1. The van der Waals surface area contributed by atoms with E-state index in [1.54, 1.807) is 38.1 Å². The fourth-order valence-electron chi connectivity index (χ4n) is 3.23. The molecule has 0 fully saturated rings. The summed E-state index contributed by atoms with van der Waals surface area (Å²) in [5, 5.41) is 3.25. The van der Waals surface area contributed by atoms with E-state index in [1.807, 2.05) is 36.4 Å². The number of carbonyl (C=O) groups excluding carboxylic acids is 2. The molecule has 1 N–H and O–H groups in total. The molecule has 0 aliphatic rings. The average molecular weight is 448 g/mol. The molecule has 0 aliphatic carbocycles. The second kappa shape index (κ2) is 9.15. The smallest absolute Gasteiger partial charge is 0.338 e. The van der Waals surface area contributed by atoms with Crippen molar-refractivity contribution in [3.8, 4) is 10.4 Å². The number of fused-ring (bicyclic) bond motifs is 1. The molecule has 1 atom stereocenters. The van der Waals surface area contributed by atoms with Crippen LogP contribution >= 0.6 is 11.3 Å². The predicted octanol–water partition coefficient (Wildman–Crippen LogP) is 4.50. The van der Waals surface area contributed by atoms with Gasteiger partial charge in [0.05, 0.1) is 23.9 Å². The maximum absolute atomic E-state index is 13.1. The first-order chi connectivity index (χ1) is 15.5. The Morgan fingerprint density at radius 3 is 2.53 bits per heavy atom. The first-order valence-electron chi connectivity index (χ1n) is 10.1. The monoisotopic (exact) mass is 447 g/mol. The van der Waals surface area contributed by atoms with Crippen molar-refractivity contribution in [2.75, 3.05) is 11.9 Å². The zero-order chi connectivity index (χ0) is 22.7. The Labute approximate surface area is 188 Å². The molecule has 0 spiro atoms. The third-order valence-electron chi connectivity index (χ3n) is 5.00. The van der Waals surface area contributed by atoms with Crippen LogP contribution in [-0.2, 0) is 9.53 Å². The predicted molar refractivity (Wildman–Crippen MR) is 125 cm³/mol. The Balaban J connectivity index is 1.54. The van der Waals surface area contributed by atoms with Gasteiger partial charge >= 0.3 is 5.97 Å². The molecule has 2 aromatic heterocycles. The fraction of sp³-hybridized carbons (Fsp3) is 0.167. The van der Waals surface area contributed by atoms with Crippen LogP contribution in [0.25, 0.3) is 20.7 Å². The number of nitrogens with one attached hydrogen (secondary N) is 1. The van der Waals surface area contributed by atoms with Crippen LogP contribution in [0, 0.1) is 0 Å². The molecule has 7 nitrogen and oxygen atoms in total. The first kappa shape index (κ1) is 21.5. The van der Waals surface area contributed by atoms with Gasteiger partial charge in [-0.05, 0) is 49.7 Å². The SMILES string of the molecule is CCOC(=O)c1ccc(NC(=O)C(C)n2cnc3sc(-c4ccccc4)cc3c2=O)cc1. The molecule has 1 unspecified atom stereocenters. The van der Waals surface area contributed by atoms with Crippen LogP contribution in [0.2, 0.25) is 0 Å². The highest BCUT2D eigenvalue weighted by Crippen LogP contribution is 2.30. The number of ether oxygens (including phenoxy) is 1. The molecule has 162 valence electrons. The van der Waals surface area contributed by atoms with E-state index in [9.17, 15) is 14.4 Å². The third kappa shape index (κ3) is 4.31. The molecule has 0 saturated heterocycles. The molecule has 0 saturated carbocycles. The topological polar surface area (TPSA) is 90.3 Å². The van der Waals surface area contributed by atoms with Gasteiger partial charge in [-0.15, -0.1) is 11.3 Å². The summed E-state index contributed by atoms with van der Waals surface area (Å²) in [7, 11) is 0. The standard InChI is InChI=1S/C24H21N3O4S/c1-3-31-24(30)17-9-11-18(12-10-17)26-21(28)15(2)27-14-25-22-19(23(27)29)13-20(32-22)16-7-5-4-6-8-16/h4-15H,3H2,1-2H3,(H,26,28). The highest BCUT2D eigenvalue weighted by molar-refractivity contribution is 7.21. The maximum Gasteiger partial charge on any atom is 0.338 e. The number of carbonyl (C=O) groups is 2. The zero-order valence-corrected chi connectivity index (χ0v) is 18.4. The minimum Gasteiger partial charge on any atom is -0.462 e. The lowest BCUT2D eigenvalue weighted by molar-refractivity contribution is -0.118. The normalized spacial score (nSPS) is 11.8. The van der Waals surface area contributed by atoms with Crippen molar-refractivity contribution in [2.24, 2.45) is 0 Å². The summed E-state index contributed by atoms with van der Waals surface area (Å²) in [6, 6.07) is 17.2. The molecule has 4 aromatic rings. The van der Waals surface area contributed by atoms with E-state index in [0.29, 0.717) is 28.1 Å². The number of nitrogens with zero attached hydrogens (tertiary/aromatic N) is 2. The number of amides is 1. The molecule has 2 aromatic carbocycles. The Kier molecular flexibility index (Phi) is 6.13. The lowest BCUT2D eigenvalue weighted by Crippen LogP contribution is -2.31. The fourth-order valence-corrected chi connectivity index (χ4v) is 4.23. The van der Waals surface area contributed by atoms with Crippen molar-refractivity contribution in [3.63, 3.8) is 0 Å². The van der Waals surface area contributed by atoms with Crippen LogP contribution in [0.4, 0.5) is 5.69 Å². The number of thiophene rings is 1. The molecular weight excluding hydrogens is 426 g/mol. The summed E-state index contributed by atoms with van der Waals surface area (Å²) in [6.45, 7) is 3.67. The van der Waals surface area contributed by atoms with E-state index in [1.165, 1.54) is 22.2 Å². The van der Waals surface area contributed by atoms with Gasteiger partial charge in [0.15, 0.2) is 0 Å². The molecule has 0 radical (unpaired) electrons. The molecule has 0 aliphatic heterocycles. The van der Waals surface area contributed by atoms with Crippen molar-refractivity contribution >= 4 is 39.1 Å². The minimum absolute atomic E-state index is 0.270. The van der Waals surface area contributed by atoms with Gasteiger partial charge in [-0.25, -0.2) is 9.78 Å². The van der Waals surface area contributed by atoms with Crippen molar-refractivity contribution in [1.29, 1.82) is 0 Å². The van der Waals surface area contributed by atoms with E-state index < -0.39 is 12.0 Å². The van der Waals surface area contributed by atoms with Gasteiger partial charge in [0, 0.05) is 10.6 Å². The van der Waals surface area contributed by atoms with Crippen molar-refractivity contribution < 1.29 is 14.3 Å². The van der Waals surface area contributed by atoms with E-state index in [4.69, 9.17) is 4.74 Å². The second-order valence-electron chi connectivity index (χ2n) is 7.12. The third-order valence-corrected chi connectivity index (χ3v) is 6.09. The number of benzene rings is 2. The summed E-state index contributed by atoms with van der Waals surface area (Å²) < 4.78 is 6.28. The number of hydrogen-bond acceptors (Lipinski definition) is 6. The van der Waals surface area contributed by atoms with Gasteiger partial charge in [0.1, 0.15) is 10.9 Å². The zero-order valence-electron chi connectivity index (χ0n) is 17.6. The number of aromatic nitrogens is 2. The lowest BCUT2D eigenvalue weighted by atomic mass is 10.2. The highest BCUT2D eigenvalue weighted by atomic mass is 32.1. The molecule has 32 heavy (non-hydrogen) atoms. The number of rotatable bonds is 6. The molecular formula is C24H21N3O4S. The van der Waals surface area contributed by atoms with Gasteiger partial charge in [-0.3, -0.25) is 14.2 Å². The number of esters is 1. The van der Waals surface area contributed by atoms with Gasteiger partial charge in [0.2, 0.25) is 5.91 Å². The Morgan fingerprint density at radius 1 is 1.12 bits per heavy atom. The van der Waals surface area contributed by atoms with Crippen LogP contribution in [0.3, 0.4) is 0 Å². The molecule has 8 heteroatoms. The minimum atomic E-state index is -0.774. The van der Waals surface area contributed by atoms with Crippen LogP contribution in [0.15, 0.2) is 71.8 Å². The largest absolute Gasteiger partial charge is 0.462 e. The Morgan fingerprint density at radius 2 is 1.84 bits per heavy atom. The summed E-state index contributed by atoms with van der Waals surface area (Å²) in [6.07, 6.45) is 1.41. The van der Waals surface area contributed by atoms with E-state index in [2.05, 4.69) is 10.3 Å². The van der Waals surface area contributed by atoms with Crippen molar-refractivity contribution in [3.05, 3.63) is 82.9 Å². The number of hydrogen-bond donors (Lipinski definition) is 1. The van der Waals surface area contributed by atoms with Crippen LogP contribution < -0.4 is 10.9 Å². The summed E-state index contributed by atoms with van der Waals surface area (Å²) >= 11 is 1.44. The van der Waals surface area contributed by atoms with Crippen LogP contribution in [0.1, 0.15) is 30.2 Å². The quantitative estimate of drug-likeness (QED) is 0.440.